The highest BCUT2D eigenvalue weighted by Gasteiger charge is 2.30. The maximum atomic E-state index is 12.2. The molecule has 0 atom stereocenters. The van der Waals surface area contributed by atoms with Gasteiger partial charge in [-0.05, 0) is 76.6 Å². The van der Waals surface area contributed by atoms with Gasteiger partial charge in [-0.2, -0.15) is 4.80 Å². The van der Waals surface area contributed by atoms with Gasteiger partial charge in [0.05, 0.1) is 12.5 Å². The molecule has 2 aromatic heterocycles. The molecule has 0 radical (unpaired) electrons. The molecule has 3 rings (SSSR count). The Kier molecular flexibility index (Phi) is 7.81. The van der Waals surface area contributed by atoms with Gasteiger partial charge in [-0.3, -0.25) is 14.6 Å². The first-order valence-electron chi connectivity index (χ1n) is 9.73. The Bertz CT molecular complexity index is 807. The minimum atomic E-state index is -0.416. The lowest BCUT2D eigenvalue weighted by Crippen LogP contribution is -2.31. The lowest BCUT2D eigenvalue weighted by molar-refractivity contribution is -0.161. The van der Waals surface area contributed by atoms with Crippen LogP contribution in [0.1, 0.15) is 52.1 Å². The van der Waals surface area contributed by atoms with Crippen molar-refractivity contribution < 1.29 is 19.4 Å². The van der Waals surface area contributed by atoms with Crippen LogP contribution in [-0.2, 0) is 20.9 Å². The molecule has 1 aliphatic carbocycles. The van der Waals surface area contributed by atoms with Gasteiger partial charge >= 0.3 is 5.97 Å². The zero-order chi connectivity index (χ0) is 21.4. The van der Waals surface area contributed by atoms with Crippen molar-refractivity contribution in [2.75, 3.05) is 0 Å². The Hall–Kier alpha value is -2.84. The number of ether oxygens (including phenoxy) is 1. The Morgan fingerprint density at radius 2 is 1.97 bits per heavy atom. The first kappa shape index (κ1) is 22.4. The van der Waals surface area contributed by atoms with Crippen LogP contribution in [0.4, 0.5) is 0 Å². The zero-order valence-corrected chi connectivity index (χ0v) is 17.4. The lowest BCUT2D eigenvalue weighted by atomic mass is 9.82. The van der Waals surface area contributed by atoms with Gasteiger partial charge in [0.2, 0.25) is 5.82 Å². The van der Waals surface area contributed by atoms with Crippen molar-refractivity contribution in [2.45, 2.75) is 65.5 Å². The number of hydrogen-bond acceptors (Lipinski definition) is 7. The molecule has 1 N–H and O–H groups in total. The molecule has 0 spiro atoms. The predicted molar refractivity (Wildman–Crippen MR) is 106 cm³/mol. The van der Waals surface area contributed by atoms with Gasteiger partial charge in [0, 0.05) is 17.5 Å². The van der Waals surface area contributed by atoms with E-state index >= 15 is 0 Å². The molecule has 2 heterocycles. The smallest absolute Gasteiger partial charge is 0.309 e. The molecule has 1 fully saturated rings. The minimum Gasteiger partial charge on any atom is -0.483 e. The molecule has 0 saturated heterocycles. The second-order valence-corrected chi connectivity index (χ2v) is 8.21. The van der Waals surface area contributed by atoms with Gasteiger partial charge in [-0.15, -0.1) is 10.2 Å². The molecule has 158 valence electrons. The van der Waals surface area contributed by atoms with E-state index in [4.69, 9.17) is 14.6 Å². The zero-order valence-electron chi connectivity index (χ0n) is 17.4. The number of rotatable bonds is 4. The van der Waals surface area contributed by atoms with Crippen LogP contribution in [0.25, 0.3) is 11.4 Å². The molecule has 1 aliphatic rings. The summed E-state index contributed by atoms with van der Waals surface area (Å²) in [6.45, 7) is 8.16. The van der Waals surface area contributed by atoms with E-state index < -0.39 is 5.60 Å². The fourth-order valence-electron chi connectivity index (χ4n) is 3.32. The highest BCUT2D eigenvalue weighted by atomic mass is 16.6. The summed E-state index contributed by atoms with van der Waals surface area (Å²) in [7, 11) is 0. The predicted octanol–water partition coefficient (Wildman–Crippen LogP) is 2.89. The number of pyridine rings is 1. The Labute approximate surface area is 170 Å². The number of tetrazole rings is 1. The van der Waals surface area contributed by atoms with E-state index in [-0.39, 0.29) is 18.4 Å². The monoisotopic (exact) mass is 403 g/mol. The molecule has 0 bridgehead atoms. The van der Waals surface area contributed by atoms with Crippen LogP contribution in [0.2, 0.25) is 0 Å². The Morgan fingerprint density at radius 3 is 2.55 bits per heavy atom. The first-order chi connectivity index (χ1) is 13.7. The SMILES string of the molecule is Cc1cc(-c2nnn(C[C@H]3CC[C@@H](C(=O)OC(C)(C)C)CC3)n2)ccn1.O=CO. The minimum absolute atomic E-state index is 0.0181. The van der Waals surface area contributed by atoms with E-state index in [9.17, 15) is 4.79 Å². The summed E-state index contributed by atoms with van der Waals surface area (Å²) < 4.78 is 5.51. The normalized spacial score (nSPS) is 19.0. The van der Waals surface area contributed by atoms with Crippen LogP contribution in [0.3, 0.4) is 0 Å². The third kappa shape index (κ3) is 7.24. The molecular weight excluding hydrogens is 374 g/mol. The Morgan fingerprint density at radius 1 is 1.31 bits per heavy atom. The second-order valence-electron chi connectivity index (χ2n) is 8.21. The summed E-state index contributed by atoms with van der Waals surface area (Å²) in [5, 5.41) is 19.7. The number of hydrogen-bond donors (Lipinski definition) is 1. The molecule has 0 aromatic carbocycles. The highest BCUT2D eigenvalue weighted by molar-refractivity contribution is 5.72. The molecule has 9 heteroatoms. The van der Waals surface area contributed by atoms with E-state index in [1.54, 1.807) is 11.0 Å². The molecule has 9 nitrogen and oxygen atoms in total. The van der Waals surface area contributed by atoms with E-state index in [1.807, 2.05) is 39.8 Å². The lowest BCUT2D eigenvalue weighted by Gasteiger charge is -2.29. The number of carbonyl (C=O) groups excluding carboxylic acids is 1. The van der Waals surface area contributed by atoms with Crippen LogP contribution in [0, 0.1) is 18.8 Å². The molecule has 0 amide bonds. The maximum absolute atomic E-state index is 12.2. The van der Waals surface area contributed by atoms with E-state index in [0.717, 1.165) is 43.5 Å². The number of carbonyl (C=O) groups is 2. The summed E-state index contributed by atoms with van der Waals surface area (Å²) in [4.78, 5) is 26.4. The van der Waals surface area contributed by atoms with Gasteiger partial charge in [-0.25, -0.2) is 0 Å². The van der Waals surface area contributed by atoms with Crippen LogP contribution in [0.15, 0.2) is 18.3 Å². The average molecular weight is 403 g/mol. The van der Waals surface area contributed by atoms with Gasteiger partial charge in [0.15, 0.2) is 0 Å². The number of aryl methyl sites for hydroxylation is 1. The first-order valence-corrected chi connectivity index (χ1v) is 9.73. The quantitative estimate of drug-likeness (QED) is 0.611. The van der Waals surface area contributed by atoms with Crippen molar-refractivity contribution in [2.24, 2.45) is 11.8 Å². The van der Waals surface area contributed by atoms with Crippen molar-refractivity contribution in [1.29, 1.82) is 0 Å². The van der Waals surface area contributed by atoms with Gasteiger partial charge in [0.1, 0.15) is 5.60 Å². The van der Waals surface area contributed by atoms with Crippen molar-refractivity contribution >= 4 is 12.4 Å². The van der Waals surface area contributed by atoms with E-state index in [1.165, 1.54) is 0 Å². The third-order valence-corrected chi connectivity index (χ3v) is 4.62. The molecule has 29 heavy (non-hydrogen) atoms. The largest absolute Gasteiger partial charge is 0.483 e. The number of carboxylic acid groups (broad SMARTS) is 1. The van der Waals surface area contributed by atoms with Crippen molar-refractivity contribution in [3.63, 3.8) is 0 Å². The number of esters is 1. The van der Waals surface area contributed by atoms with Crippen LogP contribution < -0.4 is 0 Å². The second kappa shape index (κ2) is 10.1. The number of nitrogens with zero attached hydrogens (tertiary/aromatic N) is 5. The molecular formula is C20H29N5O4. The van der Waals surface area contributed by atoms with Crippen molar-refractivity contribution in [3.8, 4) is 11.4 Å². The number of aromatic nitrogens is 5. The highest BCUT2D eigenvalue weighted by Crippen LogP contribution is 2.31. The van der Waals surface area contributed by atoms with E-state index in [2.05, 4.69) is 20.4 Å². The topological polar surface area (TPSA) is 120 Å². The van der Waals surface area contributed by atoms with Crippen LogP contribution in [-0.4, -0.2) is 48.3 Å². The fourth-order valence-corrected chi connectivity index (χ4v) is 3.32. The third-order valence-electron chi connectivity index (χ3n) is 4.62. The summed E-state index contributed by atoms with van der Waals surface area (Å²) in [5.41, 5.74) is 1.44. The maximum Gasteiger partial charge on any atom is 0.309 e. The van der Waals surface area contributed by atoms with Crippen LogP contribution >= 0.6 is 0 Å². The standard InChI is InChI=1S/C19H27N5O2.CH2O2/c1-13-11-16(9-10-20-13)17-21-23-24(22-17)12-14-5-7-15(8-6-14)18(25)26-19(2,3)4;2-1-3/h9-11,14-15H,5-8,12H2,1-4H3;1H,(H,2,3)/t14-,15+;. The summed E-state index contributed by atoms with van der Waals surface area (Å²) in [5.74, 6) is 1.04. The van der Waals surface area contributed by atoms with Crippen molar-refractivity contribution in [1.82, 2.24) is 25.2 Å². The summed E-state index contributed by atoms with van der Waals surface area (Å²) in [6.07, 6.45) is 5.45. The van der Waals surface area contributed by atoms with Gasteiger partial charge in [0.25, 0.3) is 6.47 Å². The molecule has 1 saturated carbocycles. The summed E-state index contributed by atoms with van der Waals surface area (Å²) in [6, 6.07) is 3.84. The van der Waals surface area contributed by atoms with Crippen molar-refractivity contribution in [3.05, 3.63) is 24.0 Å². The summed E-state index contributed by atoms with van der Waals surface area (Å²) >= 11 is 0. The Balaban J connectivity index is 0.000000941. The van der Waals surface area contributed by atoms with Gasteiger partial charge in [-0.1, -0.05) is 0 Å². The molecule has 0 unspecified atom stereocenters. The fraction of sp³-hybridized carbons (Fsp3) is 0.600. The van der Waals surface area contributed by atoms with Crippen LogP contribution in [0.5, 0.6) is 0 Å². The molecule has 2 aromatic rings. The van der Waals surface area contributed by atoms with Gasteiger partial charge < -0.3 is 9.84 Å². The van der Waals surface area contributed by atoms with E-state index in [0.29, 0.717) is 11.7 Å². The molecule has 0 aliphatic heterocycles. The average Bonchev–Trinajstić information content (AvgIpc) is 3.10.